The van der Waals surface area contributed by atoms with Gasteiger partial charge in [0, 0.05) is 10.0 Å². The fourth-order valence-corrected chi connectivity index (χ4v) is 2.90. The number of halogens is 2. The van der Waals surface area contributed by atoms with E-state index in [1.165, 1.54) is 24.1 Å². The van der Waals surface area contributed by atoms with Gasteiger partial charge in [-0.3, -0.25) is 0 Å². The van der Waals surface area contributed by atoms with E-state index in [1.54, 1.807) is 12.1 Å². The Bertz CT molecular complexity index is 661. The summed E-state index contributed by atoms with van der Waals surface area (Å²) >= 11 is 3.52. The van der Waals surface area contributed by atoms with Gasteiger partial charge >= 0.3 is 0 Å². The monoisotopic (exact) mass is 346 g/mol. The van der Waals surface area contributed by atoms with Crippen LogP contribution >= 0.6 is 15.9 Å². The molecule has 0 bridgehead atoms. The second-order valence-electron chi connectivity index (χ2n) is 5.18. The maximum atomic E-state index is 12.9. The normalized spacial score (nSPS) is 14.1. The summed E-state index contributed by atoms with van der Waals surface area (Å²) in [5, 5.41) is 0. The van der Waals surface area contributed by atoms with Crippen LogP contribution in [0.1, 0.15) is 30.4 Å². The highest BCUT2D eigenvalue weighted by Gasteiger charge is 2.13. The molecule has 0 saturated heterocycles. The number of ether oxygens (including phenoxy) is 1. The van der Waals surface area contributed by atoms with Crippen molar-refractivity contribution in [3.8, 4) is 5.75 Å². The molecule has 0 spiro atoms. The van der Waals surface area contributed by atoms with E-state index in [0.29, 0.717) is 6.61 Å². The van der Waals surface area contributed by atoms with E-state index in [9.17, 15) is 4.39 Å². The standard InChI is InChI=1S/C18H16BrFO/c19-15-7-10-18(17(11-15)14-3-1-2-4-14)21-12-13-5-8-16(20)9-6-13/h3,5-11H,1-2,4,12H2. The smallest absolute Gasteiger partial charge is 0.127 e. The van der Waals surface area contributed by atoms with Crippen molar-refractivity contribution in [2.75, 3.05) is 0 Å². The summed E-state index contributed by atoms with van der Waals surface area (Å²) in [5.74, 6) is 0.662. The van der Waals surface area contributed by atoms with Crippen LogP contribution in [0.2, 0.25) is 0 Å². The largest absolute Gasteiger partial charge is 0.488 e. The van der Waals surface area contributed by atoms with Crippen LogP contribution in [0.4, 0.5) is 4.39 Å². The van der Waals surface area contributed by atoms with Crippen molar-refractivity contribution in [3.63, 3.8) is 0 Å². The van der Waals surface area contributed by atoms with Crippen LogP contribution < -0.4 is 4.74 Å². The van der Waals surface area contributed by atoms with E-state index in [4.69, 9.17) is 4.74 Å². The van der Waals surface area contributed by atoms with Crippen LogP contribution in [0.15, 0.2) is 53.0 Å². The second kappa shape index (κ2) is 6.44. The van der Waals surface area contributed by atoms with Crippen LogP contribution in [-0.2, 0) is 6.61 Å². The highest BCUT2D eigenvalue weighted by molar-refractivity contribution is 9.10. The van der Waals surface area contributed by atoms with Gasteiger partial charge in [-0.05, 0) is 60.7 Å². The molecule has 0 aliphatic heterocycles. The lowest BCUT2D eigenvalue weighted by Crippen LogP contribution is -1.98. The molecule has 108 valence electrons. The van der Waals surface area contributed by atoms with E-state index in [2.05, 4.69) is 28.1 Å². The Kier molecular flexibility index (Phi) is 4.39. The average molecular weight is 347 g/mol. The summed E-state index contributed by atoms with van der Waals surface area (Å²) < 4.78 is 19.9. The third-order valence-corrected chi connectivity index (χ3v) is 4.13. The molecule has 1 aliphatic carbocycles. The lowest BCUT2D eigenvalue weighted by Gasteiger charge is -2.13. The molecular formula is C18H16BrFO. The first-order valence-corrected chi connectivity index (χ1v) is 7.88. The minimum absolute atomic E-state index is 0.223. The Morgan fingerprint density at radius 1 is 1.10 bits per heavy atom. The molecule has 0 fully saturated rings. The van der Waals surface area contributed by atoms with Crippen molar-refractivity contribution >= 4 is 21.5 Å². The molecule has 21 heavy (non-hydrogen) atoms. The highest BCUT2D eigenvalue weighted by Crippen LogP contribution is 2.35. The Labute approximate surface area is 132 Å². The van der Waals surface area contributed by atoms with Crippen molar-refractivity contribution in [1.29, 1.82) is 0 Å². The quantitative estimate of drug-likeness (QED) is 0.686. The van der Waals surface area contributed by atoms with Gasteiger partial charge in [0.2, 0.25) is 0 Å². The molecule has 0 aromatic heterocycles. The van der Waals surface area contributed by atoms with Gasteiger partial charge in [0.15, 0.2) is 0 Å². The van der Waals surface area contributed by atoms with Crippen LogP contribution in [0, 0.1) is 5.82 Å². The maximum Gasteiger partial charge on any atom is 0.127 e. The second-order valence-corrected chi connectivity index (χ2v) is 6.09. The van der Waals surface area contributed by atoms with Crippen molar-refractivity contribution in [2.45, 2.75) is 25.9 Å². The Hall–Kier alpha value is -1.61. The minimum Gasteiger partial charge on any atom is -0.488 e. The van der Waals surface area contributed by atoms with Crippen LogP contribution in [-0.4, -0.2) is 0 Å². The molecule has 0 atom stereocenters. The third kappa shape index (κ3) is 3.53. The topological polar surface area (TPSA) is 9.23 Å². The number of hydrogen-bond donors (Lipinski definition) is 0. The molecule has 2 aromatic rings. The maximum absolute atomic E-state index is 12.9. The van der Waals surface area contributed by atoms with Gasteiger partial charge in [0.05, 0.1) is 0 Å². The highest BCUT2D eigenvalue weighted by atomic mass is 79.9. The van der Waals surface area contributed by atoms with E-state index in [-0.39, 0.29) is 5.82 Å². The third-order valence-electron chi connectivity index (χ3n) is 3.64. The average Bonchev–Trinajstić information content (AvgIpc) is 3.02. The molecule has 3 rings (SSSR count). The lowest BCUT2D eigenvalue weighted by atomic mass is 10.0. The van der Waals surface area contributed by atoms with E-state index < -0.39 is 0 Å². The van der Waals surface area contributed by atoms with E-state index in [0.717, 1.165) is 34.2 Å². The molecule has 3 heteroatoms. The van der Waals surface area contributed by atoms with Gasteiger partial charge in [-0.15, -0.1) is 0 Å². The molecule has 1 aliphatic rings. The van der Waals surface area contributed by atoms with Gasteiger partial charge in [0.25, 0.3) is 0 Å². The summed E-state index contributed by atoms with van der Waals surface area (Å²) in [7, 11) is 0. The predicted octanol–water partition coefficient (Wildman–Crippen LogP) is 5.73. The zero-order valence-electron chi connectivity index (χ0n) is 11.6. The number of allylic oxidation sites excluding steroid dienone is 2. The first-order chi connectivity index (χ1) is 10.2. The Morgan fingerprint density at radius 3 is 2.62 bits per heavy atom. The first-order valence-electron chi connectivity index (χ1n) is 7.08. The Morgan fingerprint density at radius 2 is 1.90 bits per heavy atom. The molecule has 0 radical (unpaired) electrons. The fraction of sp³-hybridized carbons (Fsp3) is 0.222. The van der Waals surface area contributed by atoms with Crippen LogP contribution in [0.5, 0.6) is 5.75 Å². The number of rotatable bonds is 4. The van der Waals surface area contributed by atoms with Gasteiger partial charge in [0.1, 0.15) is 18.2 Å². The summed E-state index contributed by atoms with van der Waals surface area (Å²) in [5.41, 5.74) is 3.47. The molecule has 2 aromatic carbocycles. The van der Waals surface area contributed by atoms with Crippen molar-refractivity contribution < 1.29 is 9.13 Å². The minimum atomic E-state index is -0.223. The van der Waals surface area contributed by atoms with Crippen molar-refractivity contribution in [1.82, 2.24) is 0 Å². The summed E-state index contributed by atoms with van der Waals surface area (Å²) in [6.45, 7) is 0.447. The van der Waals surface area contributed by atoms with E-state index in [1.807, 2.05) is 12.1 Å². The van der Waals surface area contributed by atoms with Gasteiger partial charge < -0.3 is 4.74 Å². The van der Waals surface area contributed by atoms with Gasteiger partial charge in [-0.2, -0.15) is 0 Å². The summed E-state index contributed by atoms with van der Waals surface area (Å²) in [6.07, 6.45) is 5.73. The van der Waals surface area contributed by atoms with Crippen molar-refractivity contribution in [3.05, 3.63) is 70.0 Å². The summed E-state index contributed by atoms with van der Waals surface area (Å²) in [4.78, 5) is 0. The fourth-order valence-electron chi connectivity index (χ4n) is 2.54. The number of benzene rings is 2. The van der Waals surface area contributed by atoms with Crippen LogP contribution in [0.25, 0.3) is 5.57 Å². The van der Waals surface area contributed by atoms with Crippen molar-refractivity contribution in [2.24, 2.45) is 0 Å². The van der Waals surface area contributed by atoms with Gasteiger partial charge in [-0.1, -0.05) is 34.1 Å². The SMILES string of the molecule is Fc1ccc(COc2ccc(Br)cc2C2=CCCC2)cc1. The van der Waals surface area contributed by atoms with Gasteiger partial charge in [-0.25, -0.2) is 4.39 Å². The lowest BCUT2D eigenvalue weighted by molar-refractivity contribution is 0.305. The van der Waals surface area contributed by atoms with E-state index >= 15 is 0 Å². The summed E-state index contributed by atoms with van der Waals surface area (Å²) in [6, 6.07) is 12.5. The number of hydrogen-bond acceptors (Lipinski definition) is 1. The zero-order valence-corrected chi connectivity index (χ0v) is 13.2. The molecule has 0 amide bonds. The Balaban J connectivity index is 1.80. The predicted molar refractivity (Wildman–Crippen MR) is 86.7 cm³/mol. The molecule has 1 nitrogen and oxygen atoms in total. The molecule has 0 heterocycles. The molecule has 0 N–H and O–H groups in total. The zero-order chi connectivity index (χ0) is 14.7. The van der Waals surface area contributed by atoms with Crippen LogP contribution in [0.3, 0.4) is 0 Å². The first kappa shape index (κ1) is 14.3. The molecular weight excluding hydrogens is 331 g/mol. The molecule has 0 saturated carbocycles. The molecule has 0 unspecified atom stereocenters.